The molecule has 1 aromatic heterocycles. The summed E-state index contributed by atoms with van der Waals surface area (Å²) in [5.74, 6) is 2.40. The van der Waals surface area contributed by atoms with Gasteiger partial charge in [0.2, 0.25) is 0 Å². The molecule has 0 bridgehead atoms. The van der Waals surface area contributed by atoms with Gasteiger partial charge in [-0.1, -0.05) is 30.3 Å². The quantitative estimate of drug-likeness (QED) is 0.492. The molecular formula is C23H29N5O. The van der Waals surface area contributed by atoms with Crippen molar-refractivity contribution in [2.45, 2.75) is 33.9 Å². The summed E-state index contributed by atoms with van der Waals surface area (Å²) in [6.07, 6.45) is 0. The Morgan fingerprint density at radius 1 is 1.03 bits per heavy atom. The minimum atomic E-state index is 0.604. The summed E-state index contributed by atoms with van der Waals surface area (Å²) in [6.45, 7) is 7.44. The van der Waals surface area contributed by atoms with Crippen LogP contribution in [-0.2, 0) is 20.1 Å². The van der Waals surface area contributed by atoms with E-state index in [0.717, 1.165) is 34.4 Å². The van der Waals surface area contributed by atoms with Crippen LogP contribution >= 0.6 is 0 Å². The number of hydrogen-bond acceptors (Lipinski definition) is 3. The number of aliphatic imine (C=N–C) groups is 1. The SMILES string of the molecule is CN=C(NCc1ccccc1Oc1cccc(C)c1)NCc1c(C)nn(C)c1C. The van der Waals surface area contributed by atoms with E-state index in [1.54, 1.807) is 7.05 Å². The lowest BCUT2D eigenvalue weighted by molar-refractivity contribution is 0.475. The summed E-state index contributed by atoms with van der Waals surface area (Å²) < 4.78 is 8.01. The van der Waals surface area contributed by atoms with Gasteiger partial charge in [0.15, 0.2) is 5.96 Å². The van der Waals surface area contributed by atoms with Gasteiger partial charge in [-0.2, -0.15) is 5.10 Å². The maximum atomic E-state index is 6.11. The zero-order valence-corrected chi connectivity index (χ0v) is 17.8. The summed E-state index contributed by atoms with van der Waals surface area (Å²) in [4.78, 5) is 4.34. The van der Waals surface area contributed by atoms with Gasteiger partial charge in [-0.25, -0.2) is 0 Å². The smallest absolute Gasteiger partial charge is 0.191 e. The molecule has 0 aliphatic rings. The Morgan fingerprint density at radius 3 is 2.48 bits per heavy atom. The van der Waals surface area contributed by atoms with Crippen LogP contribution in [0.5, 0.6) is 11.5 Å². The molecular weight excluding hydrogens is 362 g/mol. The fraction of sp³-hybridized carbons (Fsp3) is 0.304. The number of rotatable bonds is 6. The Labute approximate surface area is 172 Å². The molecule has 6 heteroatoms. The van der Waals surface area contributed by atoms with Crippen molar-refractivity contribution < 1.29 is 4.74 Å². The van der Waals surface area contributed by atoms with Gasteiger partial charge in [-0.05, 0) is 44.5 Å². The third kappa shape index (κ3) is 5.16. The highest BCUT2D eigenvalue weighted by molar-refractivity contribution is 5.79. The number of nitrogens with zero attached hydrogens (tertiary/aromatic N) is 3. The van der Waals surface area contributed by atoms with Gasteiger partial charge in [-0.15, -0.1) is 0 Å². The highest BCUT2D eigenvalue weighted by Crippen LogP contribution is 2.25. The topological polar surface area (TPSA) is 63.5 Å². The van der Waals surface area contributed by atoms with Gasteiger partial charge in [-0.3, -0.25) is 9.67 Å². The predicted molar refractivity (Wildman–Crippen MR) is 117 cm³/mol. The van der Waals surface area contributed by atoms with Crippen LogP contribution in [0.15, 0.2) is 53.5 Å². The zero-order chi connectivity index (χ0) is 20.8. The second-order valence-electron chi connectivity index (χ2n) is 7.08. The second-order valence-corrected chi connectivity index (χ2v) is 7.08. The van der Waals surface area contributed by atoms with Crippen molar-refractivity contribution in [1.82, 2.24) is 20.4 Å². The van der Waals surface area contributed by atoms with Crippen LogP contribution in [0.2, 0.25) is 0 Å². The van der Waals surface area contributed by atoms with Crippen LogP contribution in [0.1, 0.15) is 28.1 Å². The lowest BCUT2D eigenvalue weighted by Crippen LogP contribution is -2.36. The third-order valence-electron chi connectivity index (χ3n) is 4.95. The molecule has 3 aromatic rings. The van der Waals surface area contributed by atoms with E-state index < -0.39 is 0 Å². The molecule has 0 atom stereocenters. The summed E-state index contributed by atoms with van der Waals surface area (Å²) in [6, 6.07) is 16.1. The number of para-hydroxylation sites is 1. The molecule has 0 aliphatic heterocycles. The summed E-state index contributed by atoms with van der Waals surface area (Å²) >= 11 is 0. The summed E-state index contributed by atoms with van der Waals surface area (Å²) in [7, 11) is 3.73. The van der Waals surface area contributed by atoms with Gasteiger partial charge < -0.3 is 15.4 Å². The Balaban J connectivity index is 1.64. The minimum absolute atomic E-state index is 0.604. The minimum Gasteiger partial charge on any atom is -0.457 e. The molecule has 2 aromatic carbocycles. The van der Waals surface area contributed by atoms with Crippen molar-refractivity contribution >= 4 is 5.96 Å². The number of ether oxygens (including phenoxy) is 1. The maximum absolute atomic E-state index is 6.11. The van der Waals surface area contributed by atoms with Crippen LogP contribution < -0.4 is 15.4 Å². The Hall–Kier alpha value is -3.28. The number of aryl methyl sites for hydroxylation is 3. The van der Waals surface area contributed by atoms with Gasteiger partial charge in [0.05, 0.1) is 5.69 Å². The van der Waals surface area contributed by atoms with Crippen molar-refractivity contribution in [2.24, 2.45) is 12.0 Å². The molecule has 6 nitrogen and oxygen atoms in total. The van der Waals surface area contributed by atoms with Crippen LogP contribution in [0.3, 0.4) is 0 Å². The molecule has 0 amide bonds. The first-order valence-electron chi connectivity index (χ1n) is 9.74. The van der Waals surface area contributed by atoms with Gasteiger partial charge >= 0.3 is 0 Å². The predicted octanol–water partition coefficient (Wildman–Crippen LogP) is 4.00. The van der Waals surface area contributed by atoms with Crippen LogP contribution in [0.4, 0.5) is 0 Å². The van der Waals surface area contributed by atoms with Crippen LogP contribution in [-0.4, -0.2) is 22.8 Å². The highest BCUT2D eigenvalue weighted by atomic mass is 16.5. The molecule has 1 heterocycles. The van der Waals surface area contributed by atoms with E-state index in [0.29, 0.717) is 13.1 Å². The first-order chi connectivity index (χ1) is 14.0. The fourth-order valence-corrected chi connectivity index (χ4v) is 3.20. The van der Waals surface area contributed by atoms with Crippen molar-refractivity contribution in [3.8, 4) is 11.5 Å². The van der Waals surface area contributed by atoms with E-state index in [2.05, 4.69) is 46.7 Å². The first kappa shape index (κ1) is 20.5. The third-order valence-corrected chi connectivity index (χ3v) is 4.95. The Morgan fingerprint density at radius 2 is 1.79 bits per heavy atom. The summed E-state index contributed by atoms with van der Waals surface area (Å²) in [5, 5.41) is 11.2. The van der Waals surface area contributed by atoms with E-state index in [4.69, 9.17) is 4.74 Å². The van der Waals surface area contributed by atoms with E-state index in [9.17, 15) is 0 Å². The molecule has 152 valence electrons. The van der Waals surface area contributed by atoms with Gasteiger partial charge in [0, 0.05) is 44.0 Å². The lowest BCUT2D eigenvalue weighted by atomic mass is 10.2. The zero-order valence-electron chi connectivity index (χ0n) is 17.8. The lowest BCUT2D eigenvalue weighted by Gasteiger charge is -2.15. The summed E-state index contributed by atoms with van der Waals surface area (Å²) in [5.41, 5.74) is 5.61. The van der Waals surface area contributed by atoms with E-state index in [1.807, 2.05) is 55.1 Å². The van der Waals surface area contributed by atoms with Crippen LogP contribution in [0, 0.1) is 20.8 Å². The van der Waals surface area contributed by atoms with Crippen LogP contribution in [0.25, 0.3) is 0 Å². The number of hydrogen-bond donors (Lipinski definition) is 2. The molecule has 29 heavy (non-hydrogen) atoms. The van der Waals surface area contributed by atoms with Crippen molar-refractivity contribution in [2.75, 3.05) is 7.05 Å². The van der Waals surface area contributed by atoms with Crippen molar-refractivity contribution in [1.29, 1.82) is 0 Å². The molecule has 3 rings (SSSR count). The first-order valence-corrected chi connectivity index (χ1v) is 9.74. The normalized spacial score (nSPS) is 11.4. The largest absolute Gasteiger partial charge is 0.457 e. The molecule has 0 saturated carbocycles. The van der Waals surface area contributed by atoms with Crippen molar-refractivity contribution in [3.63, 3.8) is 0 Å². The molecule has 0 saturated heterocycles. The molecule has 0 radical (unpaired) electrons. The van der Waals surface area contributed by atoms with Gasteiger partial charge in [0.1, 0.15) is 11.5 Å². The van der Waals surface area contributed by atoms with E-state index >= 15 is 0 Å². The standard InChI is InChI=1S/C23H29N5O/c1-16-9-8-11-20(13-16)29-22-12-7-6-10-19(22)14-25-23(24-4)26-15-21-17(2)27-28(5)18(21)3/h6-13H,14-15H2,1-5H3,(H2,24,25,26). The monoisotopic (exact) mass is 391 g/mol. The average molecular weight is 392 g/mol. The number of guanidine groups is 1. The number of benzene rings is 2. The fourth-order valence-electron chi connectivity index (χ4n) is 3.20. The molecule has 0 aliphatic carbocycles. The average Bonchev–Trinajstić information content (AvgIpc) is 2.95. The van der Waals surface area contributed by atoms with Crippen molar-refractivity contribution in [3.05, 3.63) is 76.6 Å². The second kappa shape index (κ2) is 9.28. The molecule has 0 unspecified atom stereocenters. The molecule has 0 spiro atoms. The highest BCUT2D eigenvalue weighted by Gasteiger charge is 2.10. The Kier molecular flexibility index (Phi) is 6.54. The van der Waals surface area contributed by atoms with E-state index in [-0.39, 0.29) is 0 Å². The van der Waals surface area contributed by atoms with Gasteiger partial charge in [0.25, 0.3) is 0 Å². The Bertz CT molecular complexity index is 1010. The maximum Gasteiger partial charge on any atom is 0.191 e. The number of aromatic nitrogens is 2. The number of nitrogens with one attached hydrogen (secondary N) is 2. The molecule has 2 N–H and O–H groups in total. The van der Waals surface area contributed by atoms with E-state index in [1.165, 1.54) is 11.1 Å². The molecule has 0 fully saturated rings.